The average molecular weight is 387 g/mol. The molecule has 0 aromatic heterocycles. The molecule has 27 heavy (non-hydrogen) atoms. The number of nitrogens with one attached hydrogen (secondary N) is 2. The lowest BCUT2D eigenvalue weighted by molar-refractivity contribution is -0.157. The van der Waals surface area contributed by atoms with Gasteiger partial charge in [0.1, 0.15) is 11.2 Å². The minimum atomic E-state index is -0.478. The molecule has 0 bridgehead atoms. The van der Waals surface area contributed by atoms with Gasteiger partial charge in [0.05, 0.1) is 6.42 Å². The Morgan fingerprint density at radius 2 is 1.56 bits per heavy atom. The van der Waals surface area contributed by atoms with Gasteiger partial charge in [-0.2, -0.15) is 0 Å². The van der Waals surface area contributed by atoms with Crippen LogP contribution in [0.1, 0.15) is 81.1 Å². The van der Waals surface area contributed by atoms with Crippen LogP contribution in [0.5, 0.6) is 0 Å². The number of esters is 1. The molecule has 0 radical (unpaired) electrons. The fraction of sp³-hybridized carbons (Fsp3) is 0.905. The molecule has 2 N–H and O–H groups in total. The minimum absolute atomic E-state index is 0.157. The summed E-state index contributed by atoms with van der Waals surface area (Å²) in [5.41, 5.74) is -0.949. The van der Waals surface area contributed by atoms with Crippen molar-refractivity contribution in [3.05, 3.63) is 0 Å². The lowest BCUT2D eigenvalue weighted by Crippen LogP contribution is -2.33. The van der Waals surface area contributed by atoms with Crippen LogP contribution in [0.15, 0.2) is 0 Å². The van der Waals surface area contributed by atoms with Gasteiger partial charge in [-0.25, -0.2) is 4.79 Å². The Balaban J connectivity index is 3.97. The van der Waals surface area contributed by atoms with Crippen molar-refractivity contribution in [2.45, 2.75) is 92.3 Å². The highest BCUT2D eigenvalue weighted by atomic mass is 16.6. The molecule has 1 atom stereocenters. The maximum Gasteiger partial charge on any atom is 0.407 e. The first-order chi connectivity index (χ1) is 12.3. The van der Waals surface area contributed by atoms with E-state index in [-0.39, 0.29) is 12.1 Å². The van der Waals surface area contributed by atoms with Crippen molar-refractivity contribution in [2.75, 3.05) is 19.6 Å². The molecule has 0 fully saturated rings. The Bertz CT molecular complexity index is 442. The molecule has 0 rings (SSSR count). The van der Waals surface area contributed by atoms with Gasteiger partial charge in [-0.15, -0.1) is 0 Å². The lowest BCUT2D eigenvalue weighted by Gasteiger charge is -2.27. The molecule has 1 amide bonds. The smallest absolute Gasteiger partial charge is 0.407 e. The van der Waals surface area contributed by atoms with Gasteiger partial charge < -0.3 is 20.1 Å². The summed E-state index contributed by atoms with van der Waals surface area (Å²) in [5.74, 6) is 0.838. The van der Waals surface area contributed by atoms with Crippen LogP contribution in [0.2, 0.25) is 0 Å². The van der Waals surface area contributed by atoms with E-state index < -0.39 is 11.2 Å². The highest BCUT2D eigenvalue weighted by Crippen LogP contribution is 2.22. The predicted octanol–water partition coefficient (Wildman–Crippen LogP) is 4.28. The first-order valence-corrected chi connectivity index (χ1v) is 10.2. The number of ether oxygens (including phenoxy) is 2. The molecule has 0 heterocycles. The van der Waals surface area contributed by atoms with E-state index in [2.05, 4.69) is 31.4 Å². The summed E-state index contributed by atoms with van der Waals surface area (Å²) in [6.07, 6.45) is 2.61. The highest BCUT2D eigenvalue weighted by molar-refractivity contribution is 5.70. The Labute approximate surface area is 166 Å². The maximum absolute atomic E-state index is 12.0. The first kappa shape index (κ1) is 25.7. The summed E-state index contributed by atoms with van der Waals surface area (Å²) in [6, 6.07) is 0. The summed E-state index contributed by atoms with van der Waals surface area (Å²) in [6.45, 7) is 18.0. The van der Waals surface area contributed by atoms with E-state index >= 15 is 0 Å². The van der Waals surface area contributed by atoms with E-state index in [0.717, 1.165) is 25.8 Å². The Kier molecular flexibility index (Phi) is 11.6. The van der Waals surface area contributed by atoms with Crippen molar-refractivity contribution in [3.63, 3.8) is 0 Å². The Hall–Kier alpha value is -1.30. The van der Waals surface area contributed by atoms with Crippen molar-refractivity contribution in [3.8, 4) is 0 Å². The molecule has 0 spiro atoms. The SMILES string of the molecule is CC(C)CNCCC(=O)OC(C)(C)CCC(C)CCNC(=O)OC(C)(C)C. The molecule has 0 aliphatic heterocycles. The van der Waals surface area contributed by atoms with Crippen molar-refractivity contribution in [1.29, 1.82) is 0 Å². The minimum Gasteiger partial charge on any atom is -0.460 e. The van der Waals surface area contributed by atoms with Crippen LogP contribution >= 0.6 is 0 Å². The zero-order chi connectivity index (χ0) is 21.1. The van der Waals surface area contributed by atoms with E-state index in [9.17, 15) is 9.59 Å². The van der Waals surface area contributed by atoms with Crippen LogP contribution in [0, 0.1) is 11.8 Å². The van der Waals surface area contributed by atoms with Crippen LogP contribution < -0.4 is 10.6 Å². The summed E-state index contributed by atoms with van der Waals surface area (Å²) >= 11 is 0. The fourth-order valence-corrected chi connectivity index (χ4v) is 2.46. The van der Waals surface area contributed by atoms with Gasteiger partial charge in [-0.1, -0.05) is 20.8 Å². The molecule has 0 saturated heterocycles. The Morgan fingerprint density at radius 1 is 0.926 bits per heavy atom. The van der Waals surface area contributed by atoms with Gasteiger partial charge in [0.25, 0.3) is 0 Å². The molecule has 6 heteroatoms. The number of carbonyl (C=O) groups excluding carboxylic acids is 2. The van der Waals surface area contributed by atoms with Crippen LogP contribution in [0.4, 0.5) is 4.79 Å². The zero-order valence-corrected chi connectivity index (χ0v) is 18.7. The summed E-state index contributed by atoms with van der Waals surface area (Å²) in [5, 5.41) is 6.03. The van der Waals surface area contributed by atoms with Gasteiger partial charge in [-0.05, 0) is 72.3 Å². The van der Waals surface area contributed by atoms with Crippen LogP contribution in [0.3, 0.4) is 0 Å². The van der Waals surface area contributed by atoms with E-state index in [1.54, 1.807) is 0 Å². The predicted molar refractivity (Wildman–Crippen MR) is 110 cm³/mol. The summed E-state index contributed by atoms with van der Waals surface area (Å²) < 4.78 is 10.8. The number of carbonyl (C=O) groups is 2. The Morgan fingerprint density at radius 3 is 2.11 bits per heavy atom. The second-order valence-corrected chi connectivity index (χ2v) is 9.44. The second-order valence-electron chi connectivity index (χ2n) is 9.44. The average Bonchev–Trinajstić information content (AvgIpc) is 2.47. The first-order valence-electron chi connectivity index (χ1n) is 10.2. The second kappa shape index (κ2) is 12.2. The third-order valence-corrected chi connectivity index (χ3v) is 3.99. The monoisotopic (exact) mass is 386 g/mol. The quantitative estimate of drug-likeness (QED) is 0.387. The number of hydrogen-bond donors (Lipinski definition) is 2. The van der Waals surface area contributed by atoms with E-state index in [1.807, 2.05) is 34.6 Å². The number of amides is 1. The molecule has 0 saturated carbocycles. The van der Waals surface area contributed by atoms with Crippen molar-refractivity contribution < 1.29 is 19.1 Å². The third-order valence-electron chi connectivity index (χ3n) is 3.99. The molecular formula is C21H42N2O4. The molecular weight excluding hydrogens is 344 g/mol. The van der Waals surface area contributed by atoms with E-state index in [1.165, 1.54) is 0 Å². The largest absolute Gasteiger partial charge is 0.460 e. The number of alkyl carbamates (subject to hydrolysis) is 1. The van der Waals surface area contributed by atoms with E-state index in [4.69, 9.17) is 9.47 Å². The molecule has 1 unspecified atom stereocenters. The van der Waals surface area contributed by atoms with Gasteiger partial charge in [0.2, 0.25) is 0 Å². The van der Waals surface area contributed by atoms with Crippen LogP contribution in [0.25, 0.3) is 0 Å². The summed E-state index contributed by atoms with van der Waals surface area (Å²) in [7, 11) is 0. The van der Waals surface area contributed by atoms with Gasteiger partial charge in [0, 0.05) is 13.1 Å². The molecule has 0 aliphatic carbocycles. The van der Waals surface area contributed by atoms with Crippen molar-refractivity contribution in [1.82, 2.24) is 10.6 Å². The zero-order valence-electron chi connectivity index (χ0n) is 18.7. The highest BCUT2D eigenvalue weighted by Gasteiger charge is 2.23. The van der Waals surface area contributed by atoms with Crippen LogP contribution in [-0.2, 0) is 14.3 Å². The molecule has 0 aliphatic rings. The third kappa shape index (κ3) is 16.6. The van der Waals surface area contributed by atoms with Crippen LogP contribution in [-0.4, -0.2) is 42.9 Å². The number of hydrogen-bond acceptors (Lipinski definition) is 5. The van der Waals surface area contributed by atoms with Crippen molar-refractivity contribution in [2.24, 2.45) is 11.8 Å². The summed E-state index contributed by atoms with van der Waals surface area (Å²) in [4.78, 5) is 23.6. The van der Waals surface area contributed by atoms with Gasteiger partial charge in [0.15, 0.2) is 0 Å². The molecule has 0 aromatic rings. The molecule has 160 valence electrons. The maximum atomic E-state index is 12.0. The van der Waals surface area contributed by atoms with Gasteiger partial charge in [-0.3, -0.25) is 4.79 Å². The van der Waals surface area contributed by atoms with Gasteiger partial charge >= 0.3 is 12.1 Å². The number of rotatable bonds is 12. The lowest BCUT2D eigenvalue weighted by atomic mass is 9.94. The molecule has 6 nitrogen and oxygen atoms in total. The fourth-order valence-electron chi connectivity index (χ4n) is 2.46. The normalized spacial score (nSPS) is 13.4. The van der Waals surface area contributed by atoms with E-state index in [0.29, 0.717) is 31.3 Å². The standard InChI is InChI=1S/C21H42N2O4/c1-16(2)15-22-13-11-18(24)26-21(7,8)12-9-17(3)10-14-23-19(25)27-20(4,5)6/h16-17,22H,9-15H2,1-8H3,(H,23,25). The van der Waals surface area contributed by atoms with Crippen molar-refractivity contribution >= 4 is 12.1 Å². The molecule has 0 aromatic carbocycles. The topological polar surface area (TPSA) is 76.7 Å².